The summed E-state index contributed by atoms with van der Waals surface area (Å²) in [7, 11) is -1.97. The fourth-order valence-electron chi connectivity index (χ4n) is 2.21. The molecule has 0 saturated heterocycles. The van der Waals surface area contributed by atoms with Crippen LogP contribution in [0.1, 0.15) is 18.9 Å². The Morgan fingerprint density at radius 3 is 2.23 bits per heavy atom. The van der Waals surface area contributed by atoms with E-state index in [9.17, 15) is 8.42 Å². The zero-order valence-electron chi connectivity index (χ0n) is 12.8. The molecule has 0 amide bonds. The van der Waals surface area contributed by atoms with Crippen LogP contribution in [0.15, 0.2) is 59.5 Å². The zero-order valence-corrected chi connectivity index (χ0v) is 13.6. The lowest BCUT2D eigenvalue weighted by molar-refractivity contribution is 0.414. The molecule has 1 N–H and O–H groups in total. The quantitative estimate of drug-likeness (QED) is 0.853. The summed E-state index contributed by atoms with van der Waals surface area (Å²) >= 11 is 0. The van der Waals surface area contributed by atoms with Crippen molar-refractivity contribution in [2.45, 2.75) is 30.7 Å². The molecule has 0 spiro atoms. The highest BCUT2D eigenvalue weighted by Gasteiger charge is 2.19. The number of benzene rings is 2. The van der Waals surface area contributed by atoms with Crippen LogP contribution in [0, 0.1) is 0 Å². The smallest absolute Gasteiger partial charge is 0.240 e. The van der Waals surface area contributed by atoms with Crippen molar-refractivity contribution >= 4 is 10.0 Å². The van der Waals surface area contributed by atoms with E-state index in [1.54, 1.807) is 31.4 Å². The summed E-state index contributed by atoms with van der Waals surface area (Å²) in [6.07, 6.45) is 1.40. The minimum atomic E-state index is -3.52. The molecular weight excluding hydrogens is 298 g/mol. The third-order valence-electron chi connectivity index (χ3n) is 3.51. The van der Waals surface area contributed by atoms with E-state index >= 15 is 0 Å². The van der Waals surface area contributed by atoms with Crippen LogP contribution >= 0.6 is 0 Å². The Morgan fingerprint density at radius 1 is 1.05 bits per heavy atom. The molecule has 0 heterocycles. The van der Waals surface area contributed by atoms with Gasteiger partial charge in [-0.15, -0.1) is 0 Å². The normalized spacial score (nSPS) is 12.8. The highest BCUT2D eigenvalue weighted by molar-refractivity contribution is 7.89. The van der Waals surface area contributed by atoms with Crippen molar-refractivity contribution in [3.8, 4) is 5.75 Å². The summed E-state index contributed by atoms with van der Waals surface area (Å²) in [5, 5.41) is 0. The first-order valence-corrected chi connectivity index (χ1v) is 8.74. The van der Waals surface area contributed by atoms with E-state index in [0.29, 0.717) is 12.2 Å². The second-order valence-corrected chi connectivity index (χ2v) is 6.81. The Kier molecular flexibility index (Phi) is 5.57. The number of methoxy groups -OCH3 is 1. The summed E-state index contributed by atoms with van der Waals surface area (Å²) in [6.45, 7) is 1.98. The first-order valence-electron chi connectivity index (χ1n) is 7.25. The van der Waals surface area contributed by atoms with Crippen LogP contribution in [0.5, 0.6) is 5.75 Å². The predicted molar refractivity (Wildman–Crippen MR) is 87.5 cm³/mol. The Hall–Kier alpha value is -1.85. The molecule has 0 aliphatic heterocycles. The molecule has 0 bridgehead atoms. The van der Waals surface area contributed by atoms with Gasteiger partial charge in [-0.25, -0.2) is 13.1 Å². The van der Waals surface area contributed by atoms with Gasteiger partial charge in [0.2, 0.25) is 10.0 Å². The Labute approximate surface area is 132 Å². The molecule has 2 rings (SSSR count). The molecule has 118 valence electrons. The lowest BCUT2D eigenvalue weighted by Crippen LogP contribution is -2.35. The van der Waals surface area contributed by atoms with Crippen molar-refractivity contribution in [3.05, 3.63) is 60.2 Å². The van der Waals surface area contributed by atoms with Crippen molar-refractivity contribution in [1.82, 2.24) is 4.72 Å². The van der Waals surface area contributed by atoms with Gasteiger partial charge < -0.3 is 4.74 Å². The van der Waals surface area contributed by atoms with Gasteiger partial charge in [0.1, 0.15) is 5.75 Å². The van der Waals surface area contributed by atoms with E-state index in [0.717, 1.165) is 12.0 Å². The highest BCUT2D eigenvalue weighted by atomic mass is 32.2. The molecule has 5 heteroatoms. The molecular formula is C17H21NO3S. The molecule has 2 aromatic rings. The molecule has 22 heavy (non-hydrogen) atoms. The third-order valence-corrected chi connectivity index (χ3v) is 5.05. The van der Waals surface area contributed by atoms with Crippen molar-refractivity contribution in [2.24, 2.45) is 0 Å². The fourth-order valence-corrected chi connectivity index (χ4v) is 3.53. The Bertz CT molecular complexity index is 682. The summed E-state index contributed by atoms with van der Waals surface area (Å²) in [5.74, 6) is 0.635. The first kappa shape index (κ1) is 16.5. The largest absolute Gasteiger partial charge is 0.497 e. The Balaban J connectivity index is 2.11. The second-order valence-electron chi connectivity index (χ2n) is 5.09. The third kappa shape index (κ3) is 4.32. The summed E-state index contributed by atoms with van der Waals surface area (Å²) in [6, 6.07) is 16.1. The number of hydrogen-bond donors (Lipinski definition) is 1. The zero-order chi connectivity index (χ0) is 16.0. The topological polar surface area (TPSA) is 55.4 Å². The number of hydrogen-bond acceptors (Lipinski definition) is 3. The molecule has 0 aromatic heterocycles. The van der Waals surface area contributed by atoms with Crippen molar-refractivity contribution in [1.29, 1.82) is 0 Å². The molecule has 0 saturated carbocycles. The van der Waals surface area contributed by atoms with Gasteiger partial charge in [0, 0.05) is 6.04 Å². The van der Waals surface area contributed by atoms with E-state index in [4.69, 9.17) is 4.74 Å². The average Bonchev–Trinajstić information content (AvgIpc) is 2.55. The van der Waals surface area contributed by atoms with E-state index in [-0.39, 0.29) is 10.9 Å². The van der Waals surface area contributed by atoms with Crippen LogP contribution in [0.25, 0.3) is 0 Å². The lowest BCUT2D eigenvalue weighted by Gasteiger charge is -2.17. The van der Waals surface area contributed by atoms with Gasteiger partial charge in [-0.05, 0) is 42.7 Å². The van der Waals surface area contributed by atoms with Gasteiger partial charge in [0.15, 0.2) is 0 Å². The Morgan fingerprint density at radius 2 is 1.68 bits per heavy atom. The van der Waals surface area contributed by atoms with Crippen LogP contribution in [-0.4, -0.2) is 21.6 Å². The molecule has 1 atom stereocenters. The maximum Gasteiger partial charge on any atom is 0.240 e. The van der Waals surface area contributed by atoms with Crippen LogP contribution in [0.3, 0.4) is 0 Å². The maximum absolute atomic E-state index is 12.4. The molecule has 4 nitrogen and oxygen atoms in total. The summed E-state index contributed by atoms with van der Waals surface area (Å²) in [4.78, 5) is 0.250. The molecule has 2 aromatic carbocycles. The number of rotatable bonds is 7. The molecule has 0 aliphatic rings. The first-order chi connectivity index (χ1) is 10.5. The fraction of sp³-hybridized carbons (Fsp3) is 0.294. The van der Waals surface area contributed by atoms with Gasteiger partial charge in [-0.3, -0.25) is 0 Å². The van der Waals surface area contributed by atoms with Gasteiger partial charge in [-0.2, -0.15) is 0 Å². The standard InChI is InChI=1S/C17H21NO3S/c1-3-15(13-14-7-5-4-6-8-14)18-22(19,20)17-11-9-16(21-2)10-12-17/h4-12,15,18H,3,13H2,1-2H3. The average molecular weight is 319 g/mol. The second kappa shape index (κ2) is 7.42. The highest BCUT2D eigenvalue weighted by Crippen LogP contribution is 2.16. The minimum Gasteiger partial charge on any atom is -0.497 e. The number of ether oxygens (including phenoxy) is 1. The van der Waals surface area contributed by atoms with E-state index < -0.39 is 10.0 Å². The monoisotopic (exact) mass is 319 g/mol. The lowest BCUT2D eigenvalue weighted by atomic mass is 10.1. The van der Waals surface area contributed by atoms with E-state index in [2.05, 4.69) is 4.72 Å². The van der Waals surface area contributed by atoms with Gasteiger partial charge in [0.05, 0.1) is 12.0 Å². The van der Waals surface area contributed by atoms with Gasteiger partial charge >= 0.3 is 0 Å². The van der Waals surface area contributed by atoms with Crippen LogP contribution in [0.2, 0.25) is 0 Å². The molecule has 0 aliphatic carbocycles. The van der Waals surface area contributed by atoms with E-state index in [1.165, 1.54) is 0 Å². The van der Waals surface area contributed by atoms with Gasteiger partial charge in [-0.1, -0.05) is 37.3 Å². The molecule has 0 fully saturated rings. The predicted octanol–water partition coefficient (Wildman–Crippen LogP) is 2.99. The van der Waals surface area contributed by atoms with Gasteiger partial charge in [0.25, 0.3) is 0 Å². The molecule has 1 unspecified atom stereocenters. The summed E-state index contributed by atoms with van der Waals surface area (Å²) < 4.78 is 32.7. The van der Waals surface area contributed by atoms with Crippen LogP contribution in [0.4, 0.5) is 0 Å². The summed E-state index contributed by atoms with van der Waals surface area (Å²) in [5.41, 5.74) is 1.12. The number of nitrogens with one attached hydrogen (secondary N) is 1. The van der Waals surface area contributed by atoms with Crippen molar-refractivity contribution in [3.63, 3.8) is 0 Å². The van der Waals surface area contributed by atoms with Crippen LogP contribution in [-0.2, 0) is 16.4 Å². The van der Waals surface area contributed by atoms with Crippen molar-refractivity contribution in [2.75, 3.05) is 7.11 Å². The van der Waals surface area contributed by atoms with E-state index in [1.807, 2.05) is 37.3 Å². The number of sulfonamides is 1. The maximum atomic E-state index is 12.4. The van der Waals surface area contributed by atoms with Crippen LogP contribution < -0.4 is 9.46 Å². The SMILES string of the molecule is CCC(Cc1ccccc1)NS(=O)(=O)c1ccc(OC)cc1. The minimum absolute atomic E-state index is 0.130. The molecule has 0 radical (unpaired) electrons. The van der Waals surface area contributed by atoms with Crippen molar-refractivity contribution < 1.29 is 13.2 Å².